The van der Waals surface area contributed by atoms with E-state index in [1.54, 1.807) is 24.3 Å². The predicted octanol–water partition coefficient (Wildman–Crippen LogP) is 3.02. The Labute approximate surface area is 125 Å². The highest BCUT2D eigenvalue weighted by molar-refractivity contribution is 6.21. The van der Waals surface area contributed by atoms with Crippen molar-refractivity contribution < 1.29 is 14.3 Å². The third kappa shape index (κ3) is 3.00. The Morgan fingerprint density at radius 1 is 1.00 bits per heavy atom. The maximum absolute atomic E-state index is 12.2. The predicted molar refractivity (Wildman–Crippen MR) is 79.3 cm³/mol. The highest BCUT2D eigenvalue weighted by Gasteiger charge is 2.34. The quantitative estimate of drug-likeness (QED) is 0.618. The Hall–Kier alpha value is -1.68. The van der Waals surface area contributed by atoms with Gasteiger partial charge in [0, 0.05) is 13.2 Å². The van der Waals surface area contributed by atoms with E-state index in [1.807, 2.05) is 0 Å². The van der Waals surface area contributed by atoms with Crippen molar-refractivity contribution in [2.75, 3.05) is 13.2 Å². The van der Waals surface area contributed by atoms with Crippen LogP contribution >= 0.6 is 0 Å². The van der Waals surface area contributed by atoms with Crippen LogP contribution in [0.25, 0.3) is 0 Å². The Bertz CT molecular complexity index is 500. The standard InChI is InChI=1S/C17H21NO3/c19-16-14-9-4-5-10-15(14)17(20)18(16)11-6-12-21-13-7-2-1-3-8-13/h4-5,9-10,13H,1-3,6-8,11-12H2. The molecule has 1 aliphatic carbocycles. The van der Waals surface area contributed by atoms with Crippen molar-refractivity contribution in [3.63, 3.8) is 0 Å². The van der Waals surface area contributed by atoms with E-state index in [1.165, 1.54) is 24.2 Å². The highest BCUT2D eigenvalue weighted by atomic mass is 16.5. The molecule has 0 radical (unpaired) electrons. The first-order chi connectivity index (χ1) is 10.3. The molecule has 0 spiro atoms. The lowest BCUT2D eigenvalue weighted by molar-refractivity contribution is 0.0236. The van der Waals surface area contributed by atoms with E-state index < -0.39 is 0 Å². The van der Waals surface area contributed by atoms with Crippen LogP contribution in [0, 0.1) is 0 Å². The van der Waals surface area contributed by atoms with Gasteiger partial charge in [-0.2, -0.15) is 0 Å². The van der Waals surface area contributed by atoms with Gasteiger partial charge in [0.05, 0.1) is 17.2 Å². The van der Waals surface area contributed by atoms with Gasteiger partial charge in [0.25, 0.3) is 11.8 Å². The largest absolute Gasteiger partial charge is 0.378 e. The van der Waals surface area contributed by atoms with E-state index >= 15 is 0 Å². The molecule has 1 saturated carbocycles. The van der Waals surface area contributed by atoms with E-state index in [-0.39, 0.29) is 11.8 Å². The molecule has 2 aliphatic rings. The minimum atomic E-state index is -0.173. The highest BCUT2D eigenvalue weighted by Crippen LogP contribution is 2.23. The zero-order chi connectivity index (χ0) is 14.7. The monoisotopic (exact) mass is 287 g/mol. The molecule has 1 aliphatic heterocycles. The van der Waals surface area contributed by atoms with Crippen LogP contribution in [0.4, 0.5) is 0 Å². The van der Waals surface area contributed by atoms with Crippen molar-refractivity contribution >= 4 is 11.8 Å². The topological polar surface area (TPSA) is 46.6 Å². The molecule has 2 amide bonds. The number of amides is 2. The zero-order valence-electron chi connectivity index (χ0n) is 12.2. The number of nitrogens with zero attached hydrogens (tertiary/aromatic N) is 1. The lowest BCUT2D eigenvalue weighted by atomic mass is 9.98. The number of imide groups is 1. The molecule has 112 valence electrons. The van der Waals surface area contributed by atoms with Gasteiger partial charge in [-0.3, -0.25) is 14.5 Å². The molecular formula is C17H21NO3. The number of carbonyl (C=O) groups excluding carboxylic acids is 2. The number of rotatable bonds is 5. The van der Waals surface area contributed by atoms with Crippen LogP contribution in [-0.4, -0.2) is 36.0 Å². The van der Waals surface area contributed by atoms with Gasteiger partial charge in [-0.15, -0.1) is 0 Å². The summed E-state index contributed by atoms with van der Waals surface area (Å²) in [6.07, 6.45) is 7.20. The van der Waals surface area contributed by atoms with Crippen molar-refractivity contribution in [1.82, 2.24) is 4.90 Å². The lowest BCUT2D eigenvalue weighted by Crippen LogP contribution is -2.31. The molecule has 1 fully saturated rings. The average molecular weight is 287 g/mol. The summed E-state index contributed by atoms with van der Waals surface area (Å²) in [4.78, 5) is 25.7. The zero-order valence-corrected chi connectivity index (χ0v) is 12.2. The van der Waals surface area contributed by atoms with Crippen LogP contribution in [0.2, 0.25) is 0 Å². The van der Waals surface area contributed by atoms with Gasteiger partial charge in [0.2, 0.25) is 0 Å². The fraction of sp³-hybridized carbons (Fsp3) is 0.529. The molecule has 0 bridgehead atoms. The van der Waals surface area contributed by atoms with E-state index in [0.717, 1.165) is 12.8 Å². The van der Waals surface area contributed by atoms with Crippen LogP contribution < -0.4 is 0 Å². The molecule has 0 atom stereocenters. The molecule has 1 aromatic carbocycles. The number of fused-ring (bicyclic) bond motifs is 1. The Morgan fingerprint density at radius 2 is 1.62 bits per heavy atom. The Balaban J connectivity index is 1.48. The van der Waals surface area contributed by atoms with Gasteiger partial charge < -0.3 is 4.74 Å². The summed E-state index contributed by atoms with van der Waals surface area (Å²) in [5, 5.41) is 0. The van der Waals surface area contributed by atoms with E-state index in [0.29, 0.717) is 36.8 Å². The third-order valence-corrected chi connectivity index (χ3v) is 4.31. The van der Waals surface area contributed by atoms with Gasteiger partial charge in [-0.1, -0.05) is 31.4 Å². The van der Waals surface area contributed by atoms with Gasteiger partial charge in [0.1, 0.15) is 0 Å². The number of hydrogen-bond donors (Lipinski definition) is 0. The Morgan fingerprint density at radius 3 is 2.24 bits per heavy atom. The maximum Gasteiger partial charge on any atom is 0.261 e. The van der Waals surface area contributed by atoms with Crippen LogP contribution in [0.15, 0.2) is 24.3 Å². The smallest absolute Gasteiger partial charge is 0.261 e. The molecule has 3 rings (SSSR count). The first-order valence-electron chi connectivity index (χ1n) is 7.84. The first-order valence-corrected chi connectivity index (χ1v) is 7.84. The van der Waals surface area contributed by atoms with Crippen molar-refractivity contribution in [2.24, 2.45) is 0 Å². The number of ether oxygens (including phenoxy) is 1. The van der Waals surface area contributed by atoms with Gasteiger partial charge in [-0.05, 0) is 31.4 Å². The minimum Gasteiger partial charge on any atom is -0.378 e. The molecule has 1 heterocycles. The molecular weight excluding hydrogens is 266 g/mol. The van der Waals surface area contributed by atoms with Gasteiger partial charge in [-0.25, -0.2) is 0 Å². The summed E-state index contributed by atoms with van der Waals surface area (Å²) in [5.41, 5.74) is 1.05. The average Bonchev–Trinajstić information content (AvgIpc) is 2.77. The molecule has 4 heteroatoms. The summed E-state index contributed by atoms with van der Waals surface area (Å²) < 4.78 is 5.84. The number of carbonyl (C=O) groups is 2. The van der Waals surface area contributed by atoms with Crippen molar-refractivity contribution in [3.8, 4) is 0 Å². The fourth-order valence-electron chi connectivity index (χ4n) is 3.15. The lowest BCUT2D eigenvalue weighted by Gasteiger charge is -2.22. The molecule has 0 aromatic heterocycles. The molecule has 0 unspecified atom stereocenters. The third-order valence-electron chi connectivity index (χ3n) is 4.31. The second-order valence-corrected chi connectivity index (χ2v) is 5.79. The van der Waals surface area contributed by atoms with Crippen molar-refractivity contribution in [1.29, 1.82) is 0 Å². The van der Waals surface area contributed by atoms with Crippen LogP contribution in [0.1, 0.15) is 59.2 Å². The van der Waals surface area contributed by atoms with Crippen molar-refractivity contribution in [2.45, 2.75) is 44.6 Å². The summed E-state index contributed by atoms with van der Waals surface area (Å²) >= 11 is 0. The summed E-state index contributed by atoms with van der Waals surface area (Å²) in [6, 6.07) is 7.02. The molecule has 21 heavy (non-hydrogen) atoms. The summed E-state index contributed by atoms with van der Waals surface area (Å²) in [7, 11) is 0. The minimum absolute atomic E-state index is 0.173. The fourth-order valence-corrected chi connectivity index (χ4v) is 3.15. The molecule has 4 nitrogen and oxygen atoms in total. The van der Waals surface area contributed by atoms with Gasteiger partial charge >= 0.3 is 0 Å². The Kier molecular flexibility index (Phi) is 4.34. The second kappa shape index (κ2) is 6.39. The number of hydrogen-bond acceptors (Lipinski definition) is 3. The second-order valence-electron chi connectivity index (χ2n) is 5.79. The van der Waals surface area contributed by atoms with E-state index in [4.69, 9.17) is 4.74 Å². The molecule has 0 saturated heterocycles. The molecule has 1 aromatic rings. The molecule has 0 N–H and O–H groups in total. The van der Waals surface area contributed by atoms with E-state index in [2.05, 4.69) is 0 Å². The van der Waals surface area contributed by atoms with Crippen LogP contribution in [0.3, 0.4) is 0 Å². The van der Waals surface area contributed by atoms with Gasteiger partial charge in [0.15, 0.2) is 0 Å². The summed E-state index contributed by atoms with van der Waals surface area (Å²) in [6.45, 7) is 1.07. The van der Waals surface area contributed by atoms with Crippen LogP contribution in [-0.2, 0) is 4.74 Å². The normalized spacial score (nSPS) is 19.1. The maximum atomic E-state index is 12.2. The summed E-state index contributed by atoms with van der Waals surface area (Å²) in [5.74, 6) is -0.346. The van der Waals surface area contributed by atoms with E-state index in [9.17, 15) is 9.59 Å². The SMILES string of the molecule is O=C1c2ccccc2C(=O)N1CCCOC1CCCCC1. The van der Waals surface area contributed by atoms with Crippen LogP contribution in [0.5, 0.6) is 0 Å². The first kappa shape index (κ1) is 14.3. The number of benzene rings is 1. The van der Waals surface area contributed by atoms with Crippen molar-refractivity contribution in [3.05, 3.63) is 35.4 Å².